The van der Waals surface area contributed by atoms with Crippen LogP contribution in [0.3, 0.4) is 0 Å². The lowest BCUT2D eigenvalue weighted by molar-refractivity contribution is 0.0951. The van der Waals surface area contributed by atoms with Gasteiger partial charge in [0, 0.05) is 22.2 Å². The second-order valence-corrected chi connectivity index (χ2v) is 5.13. The minimum absolute atomic E-state index is 0.180. The van der Waals surface area contributed by atoms with E-state index >= 15 is 0 Å². The van der Waals surface area contributed by atoms with Gasteiger partial charge in [0.2, 0.25) is 0 Å². The predicted molar refractivity (Wildman–Crippen MR) is 72.0 cm³/mol. The van der Waals surface area contributed by atoms with E-state index in [4.69, 9.17) is 23.2 Å². The monoisotopic (exact) mass is 285 g/mol. The van der Waals surface area contributed by atoms with Crippen molar-refractivity contribution in [3.8, 4) is 0 Å². The zero-order chi connectivity index (χ0) is 12.3. The minimum Gasteiger partial charge on any atom is -0.348 e. The van der Waals surface area contributed by atoms with Crippen LogP contribution in [-0.4, -0.2) is 5.91 Å². The highest BCUT2D eigenvalue weighted by molar-refractivity contribution is 7.07. The molecule has 0 fully saturated rings. The standard InChI is InChI=1S/C12H9Cl2NOS/c13-10-3-9(4-11(14)5-10)12(16)15-6-8-1-2-17-7-8/h1-5,7H,6H2,(H,15,16). The molecule has 0 bridgehead atoms. The Bertz CT molecular complexity index is 505. The second kappa shape index (κ2) is 5.54. The highest BCUT2D eigenvalue weighted by atomic mass is 35.5. The zero-order valence-corrected chi connectivity index (χ0v) is 11.1. The quantitative estimate of drug-likeness (QED) is 0.908. The van der Waals surface area contributed by atoms with Gasteiger partial charge in [0.05, 0.1) is 0 Å². The fourth-order valence-corrected chi connectivity index (χ4v) is 2.56. The van der Waals surface area contributed by atoms with Gasteiger partial charge < -0.3 is 5.32 Å². The summed E-state index contributed by atoms with van der Waals surface area (Å²) in [5.74, 6) is -0.180. The van der Waals surface area contributed by atoms with Gasteiger partial charge in [-0.1, -0.05) is 23.2 Å². The molecule has 0 aliphatic heterocycles. The first-order valence-electron chi connectivity index (χ1n) is 4.90. The molecule has 2 aromatic rings. The van der Waals surface area contributed by atoms with E-state index in [-0.39, 0.29) is 5.91 Å². The molecule has 2 nitrogen and oxygen atoms in total. The third kappa shape index (κ3) is 3.46. The van der Waals surface area contributed by atoms with Crippen molar-refractivity contribution in [2.75, 3.05) is 0 Å². The molecule has 0 unspecified atom stereocenters. The van der Waals surface area contributed by atoms with E-state index in [0.29, 0.717) is 22.2 Å². The molecule has 88 valence electrons. The van der Waals surface area contributed by atoms with Gasteiger partial charge in [-0.2, -0.15) is 11.3 Å². The summed E-state index contributed by atoms with van der Waals surface area (Å²) in [6.45, 7) is 0.506. The van der Waals surface area contributed by atoms with Crippen LogP contribution in [0, 0.1) is 0 Å². The third-order valence-corrected chi connectivity index (χ3v) is 3.33. The summed E-state index contributed by atoms with van der Waals surface area (Å²) in [5, 5.41) is 7.68. The molecule has 1 amide bonds. The molecule has 0 spiro atoms. The van der Waals surface area contributed by atoms with E-state index in [2.05, 4.69) is 5.32 Å². The van der Waals surface area contributed by atoms with E-state index < -0.39 is 0 Å². The lowest BCUT2D eigenvalue weighted by atomic mass is 10.2. The van der Waals surface area contributed by atoms with Crippen LogP contribution in [0.2, 0.25) is 10.0 Å². The molecule has 0 saturated heterocycles. The Labute approximate surface area is 113 Å². The molecule has 0 saturated carbocycles. The largest absolute Gasteiger partial charge is 0.348 e. The summed E-state index contributed by atoms with van der Waals surface area (Å²) in [6, 6.07) is 6.75. The fourth-order valence-electron chi connectivity index (χ4n) is 1.36. The van der Waals surface area contributed by atoms with Crippen molar-refractivity contribution in [1.29, 1.82) is 0 Å². The van der Waals surface area contributed by atoms with Crippen LogP contribution in [0.25, 0.3) is 0 Å². The Morgan fingerprint density at radius 1 is 1.24 bits per heavy atom. The van der Waals surface area contributed by atoms with Crippen molar-refractivity contribution in [3.05, 3.63) is 56.2 Å². The van der Waals surface area contributed by atoms with Gasteiger partial charge in [-0.25, -0.2) is 0 Å². The van der Waals surface area contributed by atoms with Crippen LogP contribution in [0.15, 0.2) is 35.0 Å². The Balaban J connectivity index is 2.04. The summed E-state index contributed by atoms with van der Waals surface area (Å²) < 4.78 is 0. The Kier molecular flexibility index (Phi) is 4.05. The van der Waals surface area contributed by atoms with Crippen LogP contribution in [0.1, 0.15) is 15.9 Å². The summed E-state index contributed by atoms with van der Waals surface area (Å²) in [6.07, 6.45) is 0. The van der Waals surface area contributed by atoms with Gasteiger partial charge in [0.1, 0.15) is 0 Å². The van der Waals surface area contributed by atoms with Crippen LogP contribution in [-0.2, 0) is 6.54 Å². The predicted octanol–water partition coefficient (Wildman–Crippen LogP) is 3.98. The first-order valence-corrected chi connectivity index (χ1v) is 6.60. The van der Waals surface area contributed by atoms with E-state index in [9.17, 15) is 4.79 Å². The van der Waals surface area contributed by atoms with E-state index in [1.165, 1.54) is 0 Å². The molecule has 0 aliphatic rings. The van der Waals surface area contributed by atoms with Crippen molar-refractivity contribution in [1.82, 2.24) is 5.32 Å². The summed E-state index contributed by atoms with van der Waals surface area (Å²) >= 11 is 13.3. The molecular formula is C12H9Cl2NOS. The van der Waals surface area contributed by atoms with Crippen molar-refractivity contribution >= 4 is 40.4 Å². The van der Waals surface area contributed by atoms with Gasteiger partial charge in [0.15, 0.2) is 0 Å². The number of nitrogens with one attached hydrogen (secondary N) is 1. The minimum atomic E-state index is -0.180. The van der Waals surface area contributed by atoms with Crippen LogP contribution in [0.5, 0.6) is 0 Å². The number of carbonyl (C=O) groups is 1. The molecule has 2 rings (SSSR count). The Morgan fingerprint density at radius 3 is 2.53 bits per heavy atom. The smallest absolute Gasteiger partial charge is 0.251 e. The maximum Gasteiger partial charge on any atom is 0.251 e. The zero-order valence-electron chi connectivity index (χ0n) is 8.74. The second-order valence-electron chi connectivity index (χ2n) is 3.47. The molecule has 1 aromatic heterocycles. The van der Waals surface area contributed by atoms with E-state index in [1.807, 2.05) is 16.8 Å². The molecule has 1 heterocycles. The molecule has 1 aromatic carbocycles. The van der Waals surface area contributed by atoms with Crippen molar-refractivity contribution in [2.24, 2.45) is 0 Å². The van der Waals surface area contributed by atoms with Gasteiger partial charge >= 0.3 is 0 Å². The highest BCUT2D eigenvalue weighted by Crippen LogP contribution is 2.19. The number of thiophene rings is 1. The number of hydrogen-bond acceptors (Lipinski definition) is 2. The third-order valence-electron chi connectivity index (χ3n) is 2.16. The van der Waals surface area contributed by atoms with Crippen LogP contribution in [0.4, 0.5) is 0 Å². The van der Waals surface area contributed by atoms with Crippen molar-refractivity contribution in [3.63, 3.8) is 0 Å². The number of carbonyl (C=O) groups excluding carboxylic acids is 1. The van der Waals surface area contributed by atoms with Crippen LogP contribution >= 0.6 is 34.5 Å². The van der Waals surface area contributed by atoms with E-state index in [0.717, 1.165) is 5.56 Å². The molecule has 0 aliphatic carbocycles. The molecule has 1 N–H and O–H groups in total. The number of hydrogen-bond donors (Lipinski definition) is 1. The van der Waals surface area contributed by atoms with Gasteiger partial charge in [-0.15, -0.1) is 0 Å². The average Bonchev–Trinajstić information content (AvgIpc) is 2.77. The Morgan fingerprint density at radius 2 is 1.94 bits per heavy atom. The topological polar surface area (TPSA) is 29.1 Å². The lowest BCUT2D eigenvalue weighted by Gasteiger charge is -2.05. The fraction of sp³-hybridized carbons (Fsp3) is 0.0833. The molecule has 0 radical (unpaired) electrons. The molecular weight excluding hydrogens is 277 g/mol. The van der Waals surface area contributed by atoms with Crippen molar-refractivity contribution < 1.29 is 4.79 Å². The molecule has 5 heteroatoms. The lowest BCUT2D eigenvalue weighted by Crippen LogP contribution is -2.22. The number of halogens is 2. The Hall–Kier alpha value is -1.03. The first kappa shape index (κ1) is 12.4. The van der Waals surface area contributed by atoms with Crippen LogP contribution < -0.4 is 5.32 Å². The number of amides is 1. The first-order chi connectivity index (χ1) is 8.15. The summed E-state index contributed by atoms with van der Waals surface area (Å²) in [4.78, 5) is 11.8. The maximum atomic E-state index is 11.8. The SMILES string of the molecule is O=C(NCc1ccsc1)c1cc(Cl)cc(Cl)c1. The van der Waals surface area contributed by atoms with Gasteiger partial charge in [0.25, 0.3) is 5.91 Å². The number of rotatable bonds is 3. The summed E-state index contributed by atoms with van der Waals surface area (Å²) in [7, 11) is 0. The highest BCUT2D eigenvalue weighted by Gasteiger charge is 2.07. The van der Waals surface area contributed by atoms with Gasteiger partial charge in [-0.3, -0.25) is 4.79 Å². The van der Waals surface area contributed by atoms with Gasteiger partial charge in [-0.05, 0) is 40.6 Å². The maximum absolute atomic E-state index is 11.8. The van der Waals surface area contributed by atoms with E-state index in [1.54, 1.807) is 29.5 Å². The average molecular weight is 286 g/mol. The number of benzene rings is 1. The molecule has 0 atom stereocenters. The van der Waals surface area contributed by atoms with Crippen molar-refractivity contribution in [2.45, 2.75) is 6.54 Å². The summed E-state index contributed by atoms with van der Waals surface area (Å²) in [5.41, 5.74) is 1.55. The normalized spacial score (nSPS) is 10.2. The molecule has 17 heavy (non-hydrogen) atoms.